The van der Waals surface area contributed by atoms with Crippen LogP contribution in [0.15, 0.2) is 83.9 Å². The Hall–Kier alpha value is -4.97. The van der Waals surface area contributed by atoms with Gasteiger partial charge in [0.2, 0.25) is 0 Å². The van der Waals surface area contributed by atoms with Gasteiger partial charge < -0.3 is 20.4 Å². The minimum atomic E-state index is -4.23. The van der Waals surface area contributed by atoms with Crippen molar-refractivity contribution in [1.29, 1.82) is 5.41 Å². The van der Waals surface area contributed by atoms with Crippen LogP contribution in [0.5, 0.6) is 0 Å². The van der Waals surface area contributed by atoms with E-state index in [-0.39, 0.29) is 23.0 Å². The zero-order valence-electron chi connectivity index (χ0n) is 23.2. The number of esters is 1. The second kappa shape index (κ2) is 11.9. The van der Waals surface area contributed by atoms with Crippen molar-refractivity contribution in [2.45, 2.75) is 24.8 Å². The molecule has 0 aliphatic rings. The number of sulfonamides is 1. The number of nitrogens with one attached hydrogen (secondary N) is 2. The van der Waals surface area contributed by atoms with Crippen molar-refractivity contribution in [2.24, 2.45) is 12.8 Å². The predicted molar refractivity (Wildman–Crippen MR) is 163 cm³/mol. The van der Waals surface area contributed by atoms with Crippen LogP contribution in [0.1, 0.15) is 24.7 Å². The van der Waals surface area contributed by atoms with Gasteiger partial charge in [0.1, 0.15) is 23.1 Å². The van der Waals surface area contributed by atoms with Gasteiger partial charge in [-0.15, -0.1) is 0 Å². The number of fused-ring (bicyclic) bond motifs is 2. The van der Waals surface area contributed by atoms with Crippen LogP contribution in [-0.2, 0) is 33.1 Å². The van der Waals surface area contributed by atoms with E-state index in [0.29, 0.717) is 40.8 Å². The highest BCUT2D eigenvalue weighted by Gasteiger charge is 2.30. The minimum absolute atomic E-state index is 0.000830. The lowest BCUT2D eigenvalue weighted by atomic mass is 10.2. The standard InChI is InChI=1S/C30H31N7O4S/c1-3-16-41-28(38)19-37(42(39,40)26-8-4-6-20-7-5-15-33-29(20)26)23-13-14-25-24(17-23)35-27(36(25)2)18-34-22-11-9-21(10-12-22)30(31)32/h4-15,17,34H,3,16,18-19H2,1-2H3,(H3,31,32). The Labute approximate surface area is 243 Å². The van der Waals surface area contributed by atoms with Crippen molar-refractivity contribution in [2.75, 3.05) is 22.8 Å². The van der Waals surface area contributed by atoms with E-state index in [0.717, 1.165) is 15.5 Å². The third kappa shape index (κ3) is 5.75. The number of nitrogen functional groups attached to an aromatic ring is 1. The topological polar surface area (TPSA) is 156 Å². The van der Waals surface area contributed by atoms with Gasteiger partial charge in [0.05, 0.1) is 35.4 Å². The molecule has 0 bridgehead atoms. The summed E-state index contributed by atoms with van der Waals surface area (Å²) in [5.41, 5.74) is 8.96. The second-order valence-corrected chi connectivity index (χ2v) is 11.5. The van der Waals surface area contributed by atoms with Gasteiger partial charge in [-0.25, -0.2) is 13.4 Å². The maximum atomic E-state index is 14.1. The van der Waals surface area contributed by atoms with Crippen LogP contribution in [-0.4, -0.2) is 47.9 Å². The maximum absolute atomic E-state index is 14.1. The summed E-state index contributed by atoms with van der Waals surface area (Å²) in [5.74, 6) is 0.0577. The van der Waals surface area contributed by atoms with E-state index in [9.17, 15) is 13.2 Å². The molecule has 3 aromatic carbocycles. The molecule has 12 heteroatoms. The molecule has 0 saturated heterocycles. The number of nitrogens with two attached hydrogens (primary N) is 1. The average Bonchev–Trinajstić information content (AvgIpc) is 3.31. The SMILES string of the molecule is CCCOC(=O)CN(c1ccc2c(c1)nc(CNc1ccc(C(=N)N)cc1)n2C)S(=O)(=O)c1cccc2cccnc12. The first kappa shape index (κ1) is 28.6. The van der Waals surface area contributed by atoms with E-state index in [1.165, 1.54) is 12.3 Å². The van der Waals surface area contributed by atoms with Gasteiger partial charge in [-0.2, -0.15) is 0 Å². The third-order valence-electron chi connectivity index (χ3n) is 6.80. The fourth-order valence-corrected chi connectivity index (χ4v) is 6.17. The molecular formula is C30H31N7O4S. The van der Waals surface area contributed by atoms with Crippen LogP contribution in [0.4, 0.5) is 11.4 Å². The normalized spacial score (nSPS) is 11.5. The summed E-state index contributed by atoms with van der Waals surface area (Å²) >= 11 is 0. The van der Waals surface area contributed by atoms with Crippen molar-refractivity contribution in [3.63, 3.8) is 0 Å². The molecule has 5 rings (SSSR count). The first-order valence-electron chi connectivity index (χ1n) is 13.3. The number of para-hydroxylation sites is 1. The van der Waals surface area contributed by atoms with Gasteiger partial charge >= 0.3 is 5.97 Å². The molecule has 11 nitrogen and oxygen atoms in total. The molecule has 0 atom stereocenters. The van der Waals surface area contributed by atoms with Crippen LogP contribution < -0.4 is 15.4 Å². The summed E-state index contributed by atoms with van der Waals surface area (Å²) < 4.78 is 36.5. The summed E-state index contributed by atoms with van der Waals surface area (Å²) in [7, 11) is -2.35. The number of benzene rings is 3. The first-order chi connectivity index (χ1) is 20.2. The first-order valence-corrected chi connectivity index (χ1v) is 14.8. The summed E-state index contributed by atoms with van der Waals surface area (Å²) in [4.78, 5) is 21.8. The number of ether oxygens (including phenoxy) is 1. The minimum Gasteiger partial charge on any atom is -0.464 e. The van der Waals surface area contributed by atoms with Gasteiger partial charge in [0, 0.05) is 29.9 Å². The molecule has 0 aliphatic carbocycles. The number of hydrogen-bond acceptors (Lipinski definition) is 8. The lowest BCUT2D eigenvalue weighted by Gasteiger charge is -2.24. The number of amidine groups is 1. The monoisotopic (exact) mass is 585 g/mol. The number of hydrogen-bond donors (Lipinski definition) is 3. The fourth-order valence-electron chi connectivity index (χ4n) is 4.60. The van der Waals surface area contributed by atoms with E-state index in [4.69, 9.17) is 20.9 Å². The highest BCUT2D eigenvalue weighted by atomic mass is 32.2. The van der Waals surface area contributed by atoms with Crippen LogP contribution in [0.3, 0.4) is 0 Å². The molecule has 4 N–H and O–H groups in total. The van der Waals surface area contributed by atoms with Crippen molar-refractivity contribution in [3.8, 4) is 0 Å². The zero-order chi connectivity index (χ0) is 29.9. The summed E-state index contributed by atoms with van der Waals surface area (Å²) in [6.45, 7) is 1.95. The van der Waals surface area contributed by atoms with Crippen molar-refractivity contribution >= 4 is 55.1 Å². The van der Waals surface area contributed by atoms with Crippen LogP contribution in [0.2, 0.25) is 0 Å². The number of nitrogens with zero attached hydrogens (tertiary/aromatic N) is 4. The van der Waals surface area contributed by atoms with E-state index < -0.39 is 22.5 Å². The van der Waals surface area contributed by atoms with Crippen LogP contribution >= 0.6 is 0 Å². The molecule has 2 heterocycles. The Morgan fingerprint density at radius 2 is 1.86 bits per heavy atom. The Morgan fingerprint density at radius 3 is 2.60 bits per heavy atom. The van der Waals surface area contributed by atoms with E-state index >= 15 is 0 Å². The van der Waals surface area contributed by atoms with Crippen molar-refractivity contribution in [3.05, 3.63) is 90.4 Å². The van der Waals surface area contributed by atoms with Crippen molar-refractivity contribution < 1.29 is 17.9 Å². The molecule has 0 saturated carbocycles. The molecule has 0 spiro atoms. The Kier molecular flexibility index (Phi) is 8.07. The molecule has 42 heavy (non-hydrogen) atoms. The molecule has 0 fully saturated rings. The highest BCUT2D eigenvalue weighted by Crippen LogP contribution is 2.30. The fraction of sp³-hybridized carbons (Fsp3) is 0.200. The maximum Gasteiger partial charge on any atom is 0.326 e. The largest absolute Gasteiger partial charge is 0.464 e. The van der Waals surface area contributed by atoms with Gasteiger partial charge in [0.25, 0.3) is 10.0 Å². The lowest BCUT2D eigenvalue weighted by molar-refractivity contribution is -0.141. The number of imidazole rings is 1. The molecular weight excluding hydrogens is 554 g/mol. The van der Waals surface area contributed by atoms with Crippen LogP contribution in [0, 0.1) is 5.41 Å². The average molecular weight is 586 g/mol. The van der Waals surface area contributed by atoms with E-state index in [1.54, 1.807) is 54.6 Å². The van der Waals surface area contributed by atoms with E-state index in [1.807, 2.05) is 30.7 Å². The van der Waals surface area contributed by atoms with Gasteiger partial charge in [-0.3, -0.25) is 19.5 Å². The zero-order valence-corrected chi connectivity index (χ0v) is 24.1. The number of rotatable bonds is 11. The molecule has 0 amide bonds. The number of aryl methyl sites for hydroxylation is 1. The quantitative estimate of drug-likeness (QED) is 0.118. The third-order valence-corrected chi connectivity index (χ3v) is 8.60. The van der Waals surface area contributed by atoms with Crippen LogP contribution in [0.25, 0.3) is 21.9 Å². The number of carbonyl (C=O) groups is 1. The smallest absolute Gasteiger partial charge is 0.326 e. The second-order valence-electron chi connectivity index (χ2n) is 9.67. The lowest BCUT2D eigenvalue weighted by Crippen LogP contribution is -2.36. The Bertz CT molecular complexity index is 1880. The number of pyridine rings is 1. The van der Waals surface area contributed by atoms with Gasteiger partial charge in [-0.1, -0.05) is 25.1 Å². The predicted octanol–water partition coefficient (Wildman–Crippen LogP) is 4.17. The summed E-state index contributed by atoms with van der Waals surface area (Å²) in [5, 5.41) is 11.5. The van der Waals surface area contributed by atoms with Crippen molar-refractivity contribution in [1.82, 2.24) is 14.5 Å². The number of carbonyl (C=O) groups excluding carboxylic acids is 1. The molecule has 5 aromatic rings. The number of aromatic nitrogens is 3. The molecule has 2 aromatic heterocycles. The molecule has 0 unspecified atom stereocenters. The van der Waals surface area contributed by atoms with E-state index in [2.05, 4.69) is 10.3 Å². The summed E-state index contributed by atoms with van der Waals surface area (Å²) in [6, 6.07) is 20.7. The molecule has 0 radical (unpaired) electrons. The van der Waals surface area contributed by atoms with Gasteiger partial charge in [-0.05, 0) is 61.0 Å². The number of anilines is 2. The highest BCUT2D eigenvalue weighted by molar-refractivity contribution is 7.93. The molecule has 0 aliphatic heterocycles. The van der Waals surface area contributed by atoms with Gasteiger partial charge in [0.15, 0.2) is 0 Å². The Balaban J connectivity index is 1.50. The molecule has 216 valence electrons. The Morgan fingerprint density at radius 1 is 1.10 bits per heavy atom. The summed E-state index contributed by atoms with van der Waals surface area (Å²) in [6.07, 6.45) is 2.15.